The molecule has 2 saturated carbocycles. The molecule has 2 aromatic carbocycles. The van der Waals surface area contributed by atoms with E-state index in [0.29, 0.717) is 23.3 Å². The molecule has 2 aromatic rings. The van der Waals surface area contributed by atoms with Crippen molar-refractivity contribution >= 4 is 23.7 Å². The van der Waals surface area contributed by atoms with Gasteiger partial charge in [-0.25, -0.2) is 4.79 Å². The van der Waals surface area contributed by atoms with Crippen LogP contribution in [0.1, 0.15) is 39.1 Å². The number of benzene rings is 2. The Morgan fingerprint density at radius 2 is 1.66 bits per heavy atom. The highest BCUT2D eigenvalue weighted by atomic mass is 16.6. The summed E-state index contributed by atoms with van der Waals surface area (Å²) >= 11 is 0. The van der Waals surface area contributed by atoms with Crippen LogP contribution in [0, 0.1) is 30.6 Å². The minimum Gasteiger partial charge on any atom is -0.462 e. The molecule has 1 aliphatic heterocycles. The van der Waals surface area contributed by atoms with Crippen molar-refractivity contribution in [3.05, 3.63) is 65.2 Å². The minimum absolute atomic E-state index is 0.0539. The Labute approximate surface area is 184 Å². The van der Waals surface area contributed by atoms with E-state index in [4.69, 9.17) is 14.2 Å². The Hall–Kier alpha value is -3.48. The maximum Gasteiger partial charge on any atom is 0.343 e. The maximum atomic E-state index is 12.6. The number of Topliss-reactive ketones (excluding diaryl/α,β-unsaturated/α-hetero) is 1. The molecule has 7 nitrogen and oxygen atoms in total. The van der Waals surface area contributed by atoms with Gasteiger partial charge < -0.3 is 14.2 Å². The summed E-state index contributed by atoms with van der Waals surface area (Å²) in [5.74, 6) is -2.11. The van der Waals surface area contributed by atoms with Gasteiger partial charge in [-0.05, 0) is 62.1 Å². The van der Waals surface area contributed by atoms with Gasteiger partial charge in [-0.3, -0.25) is 14.4 Å². The second-order valence-corrected chi connectivity index (χ2v) is 8.73. The van der Waals surface area contributed by atoms with Crippen LogP contribution in [-0.2, 0) is 19.1 Å². The van der Waals surface area contributed by atoms with Crippen LogP contribution in [0.15, 0.2) is 48.5 Å². The molecule has 0 amide bonds. The van der Waals surface area contributed by atoms with E-state index in [-0.39, 0.29) is 29.7 Å². The van der Waals surface area contributed by atoms with Gasteiger partial charge in [0.05, 0.1) is 17.4 Å². The lowest BCUT2D eigenvalue weighted by Gasteiger charge is -2.22. The molecule has 2 aliphatic carbocycles. The predicted molar refractivity (Wildman–Crippen MR) is 111 cm³/mol. The van der Waals surface area contributed by atoms with E-state index in [2.05, 4.69) is 0 Å². The first-order valence-corrected chi connectivity index (χ1v) is 10.7. The van der Waals surface area contributed by atoms with Crippen LogP contribution in [0.4, 0.5) is 0 Å². The number of hydrogen-bond donors (Lipinski definition) is 0. The van der Waals surface area contributed by atoms with Crippen LogP contribution in [0.3, 0.4) is 0 Å². The number of ether oxygens (including phenoxy) is 3. The molecule has 3 aliphatic rings. The van der Waals surface area contributed by atoms with Crippen LogP contribution in [0.2, 0.25) is 0 Å². The summed E-state index contributed by atoms with van der Waals surface area (Å²) in [5, 5.41) is 0. The first-order chi connectivity index (χ1) is 15.4. The van der Waals surface area contributed by atoms with Gasteiger partial charge in [0.15, 0.2) is 12.4 Å². The van der Waals surface area contributed by atoms with E-state index >= 15 is 0 Å². The number of carbonyl (C=O) groups excluding carboxylic acids is 4. The molecule has 1 heterocycles. The molecular formula is C25H22O7. The standard InChI is InChI=1S/C25H22O7/c1-13-2-4-15(5-3-13)23(27)31-17-8-6-14(7-9-17)19(26)12-30-24(28)21-16-10-18-20(11-16)32-25(29)22(18)21/h2-9,16,18,20-22H,10-12H2,1H3/t16-,18+,20+,21-,22-/m1/s1. The number of aryl methyl sites for hydroxylation is 1. The molecule has 2 bridgehead atoms. The number of carbonyl (C=O) groups is 4. The third-order valence-electron chi connectivity index (χ3n) is 6.78. The summed E-state index contributed by atoms with van der Waals surface area (Å²) in [6.07, 6.45) is 1.45. The van der Waals surface area contributed by atoms with Crippen LogP contribution < -0.4 is 4.74 Å². The first kappa shape index (κ1) is 20.4. The third-order valence-corrected chi connectivity index (χ3v) is 6.78. The van der Waals surface area contributed by atoms with E-state index in [9.17, 15) is 19.2 Å². The molecule has 0 spiro atoms. The molecule has 3 fully saturated rings. The smallest absolute Gasteiger partial charge is 0.343 e. The largest absolute Gasteiger partial charge is 0.462 e. The van der Waals surface area contributed by atoms with Crippen LogP contribution in [0.5, 0.6) is 5.75 Å². The summed E-state index contributed by atoms with van der Waals surface area (Å²) in [4.78, 5) is 49.3. The summed E-state index contributed by atoms with van der Waals surface area (Å²) in [7, 11) is 0. The van der Waals surface area contributed by atoms with Gasteiger partial charge in [-0.15, -0.1) is 0 Å². The summed E-state index contributed by atoms with van der Waals surface area (Å²) in [6.45, 7) is 1.53. The van der Waals surface area contributed by atoms with Gasteiger partial charge in [-0.2, -0.15) is 0 Å². The Kier molecular flexibility index (Phi) is 5.04. The fourth-order valence-corrected chi connectivity index (χ4v) is 5.21. The van der Waals surface area contributed by atoms with Crippen LogP contribution in [-0.4, -0.2) is 36.4 Å². The first-order valence-electron chi connectivity index (χ1n) is 10.7. The molecule has 5 atom stereocenters. The summed E-state index contributed by atoms with van der Waals surface area (Å²) in [6, 6.07) is 13.1. The number of rotatable bonds is 6. The molecule has 7 heteroatoms. The van der Waals surface area contributed by atoms with Crippen molar-refractivity contribution in [3.63, 3.8) is 0 Å². The Morgan fingerprint density at radius 1 is 0.969 bits per heavy atom. The SMILES string of the molecule is Cc1ccc(C(=O)Oc2ccc(C(=O)COC(=O)[C@@H]3[C@@H]4C[C@@H]5[C@H]3C(=O)O[C@H]5C4)cc2)cc1. The Bertz CT molecular complexity index is 1080. The molecule has 0 aromatic heterocycles. The molecule has 5 rings (SSSR count). The second kappa shape index (κ2) is 7.89. The predicted octanol–water partition coefficient (Wildman–Crippen LogP) is 3.14. The molecular weight excluding hydrogens is 412 g/mol. The molecule has 0 radical (unpaired) electrons. The summed E-state index contributed by atoms with van der Waals surface area (Å²) in [5.41, 5.74) is 1.81. The number of hydrogen-bond acceptors (Lipinski definition) is 7. The average molecular weight is 434 g/mol. The quantitative estimate of drug-likeness (QED) is 0.391. The van der Waals surface area contributed by atoms with E-state index in [1.165, 1.54) is 24.3 Å². The monoisotopic (exact) mass is 434 g/mol. The Morgan fingerprint density at radius 3 is 2.38 bits per heavy atom. The van der Waals surface area contributed by atoms with Crippen molar-refractivity contribution in [3.8, 4) is 5.75 Å². The lowest BCUT2D eigenvalue weighted by molar-refractivity contribution is -0.154. The highest BCUT2D eigenvalue weighted by molar-refractivity contribution is 5.98. The number of esters is 3. The van der Waals surface area contributed by atoms with Gasteiger partial charge >= 0.3 is 17.9 Å². The van der Waals surface area contributed by atoms with Crippen molar-refractivity contribution in [2.75, 3.05) is 6.61 Å². The minimum atomic E-state index is -0.511. The topological polar surface area (TPSA) is 96.0 Å². The normalized spacial score (nSPS) is 27.2. The Balaban J connectivity index is 1.16. The molecule has 1 saturated heterocycles. The zero-order valence-corrected chi connectivity index (χ0v) is 17.5. The molecule has 164 valence electrons. The fraction of sp³-hybridized carbons (Fsp3) is 0.360. The van der Waals surface area contributed by atoms with Crippen molar-refractivity contribution in [2.45, 2.75) is 25.9 Å². The van der Waals surface area contributed by atoms with Gasteiger partial charge in [0.25, 0.3) is 0 Å². The highest BCUT2D eigenvalue weighted by Crippen LogP contribution is 2.57. The molecule has 0 N–H and O–H groups in total. The fourth-order valence-electron chi connectivity index (χ4n) is 5.21. The number of ketones is 1. The van der Waals surface area contributed by atoms with E-state index in [0.717, 1.165) is 12.0 Å². The van der Waals surface area contributed by atoms with Crippen LogP contribution >= 0.6 is 0 Å². The van der Waals surface area contributed by atoms with E-state index in [1.54, 1.807) is 12.1 Å². The van der Waals surface area contributed by atoms with Crippen molar-refractivity contribution in [1.82, 2.24) is 0 Å². The zero-order chi connectivity index (χ0) is 22.4. The number of fused-ring (bicyclic) bond motifs is 1. The highest BCUT2D eigenvalue weighted by Gasteiger charge is 2.64. The third kappa shape index (κ3) is 3.57. The zero-order valence-electron chi connectivity index (χ0n) is 17.5. The summed E-state index contributed by atoms with van der Waals surface area (Å²) < 4.78 is 15.9. The van der Waals surface area contributed by atoms with Crippen molar-refractivity contribution in [1.29, 1.82) is 0 Å². The van der Waals surface area contributed by atoms with Crippen molar-refractivity contribution < 1.29 is 33.4 Å². The van der Waals surface area contributed by atoms with Crippen molar-refractivity contribution in [2.24, 2.45) is 23.7 Å². The van der Waals surface area contributed by atoms with E-state index < -0.39 is 30.4 Å². The molecule has 0 unspecified atom stereocenters. The van der Waals surface area contributed by atoms with Gasteiger partial charge in [0.1, 0.15) is 11.9 Å². The van der Waals surface area contributed by atoms with Gasteiger partial charge in [0.2, 0.25) is 0 Å². The van der Waals surface area contributed by atoms with Gasteiger partial charge in [-0.1, -0.05) is 17.7 Å². The van der Waals surface area contributed by atoms with E-state index in [1.807, 2.05) is 19.1 Å². The molecule has 32 heavy (non-hydrogen) atoms. The van der Waals surface area contributed by atoms with Gasteiger partial charge in [0, 0.05) is 11.5 Å². The van der Waals surface area contributed by atoms with Crippen LogP contribution in [0.25, 0.3) is 0 Å². The average Bonchev–Trinajstić information content (AvgIpc) is 3.41. The lowest BCUT2D eigenvalue weighted by Crippen LogP contribution is -2.34. The maximum absolute atomic E-state index is 12.6. The lowest BCUT2D eigenvalue weighted by atomic mass is 9.80. The second-order valence-electron chi connectivity index (χ2n) is 8.73.